The summed E-state index contributed by atoms with van der Waals surface area (Å²) >= 11 is 0. The zero-order chi connectivity index (χ0) is 10.8. The molecule has 1 N–H and O–H groups in total. The van der Waals surface area contributed by atoms with Gasteiger partial charge in [0.25, 0.3) is 0 Å². The van der Waals surface area contributed by atoms with Crippen molar-refractivity contribution >= 4 is 5.69 Å². The molecule has 1 aromatic rings. The summed E-state index contributed by atoms with van der Waals surface area (Å²) in [6, 6.07) is 6.21. The molecular weight excluding hydrogens is 202 g/mol. The predicted octanol–water partition coefficient (Wildman–Crippen LogP) is 2.21. The van der Waals surface area contributed by atoms with Crippen LogP contribution in [0.4, 0.5) is 5.69 Å². The highest BCUT2D eigenvalue weighted by Gasteiger charge is 2.18. The van der Waals surface area contributed by atoms with Crippen LogP contribution in [0.5, 0.6) is 5.75 Å². The number of hydrogen-bond donors (Lipinski definition) is 1. The molecule has 1 fully saturated rings. The molecule has 3 rings (SSSR count). The third-order valence-electron chi connectivity index (χ3n) is 3.27. The van der Waals surface area contributed by atoms with Gasteiger partial charge in [-0.3, -0.25) is 0 Å². The van der Waals surface area contributed by atoms with Gasteiger partial charge >= 0.3 is 0 Å². The van der Waals surface area contributed by atoms with Gasteiger partial charge in [-0.1, -0.05) is 6.07 Å². The lowest BCUT2D eigenvalue weighted by atomic mass is 10.1. The average molecular weight is 219 g/mol. The molecule has 3 nitrogen and oxygen atoms in total. The lowest BCUT2D eigenvalue weighted by Gasteiger charge is -2.13. The summed E-state index contributed by atoms with van der Waals surface area (Å²) in [5.74, 6) is 1.03. The first-order valence-corrected chi connectivity index (χ1v) is 6.03. The minimum Gasteiger partial charge on any atom is -0.491 e. The van der Waals surface area contributed by atoms with Crippen molar-refractivity contribution in [2.24, 2.45) is 0 Å². The van der Waals surface area contributed by atoms with Crippen LogP contribution in [0.1, 0.15) is 18.4 Å². The quantitative estimate of drug-likeness (QED) is 0.845. The van der Waals surface area contributed by atoms with E-state index in [-0.39, 0.29) is 0 Å². The third-order valence-corrected chi connectivity index (χ3v) is 3.27. The van der Waals surface area contributed by atoms with Crippen molar-refractivity contribution in [3.63, 3.8) is 0 Å². The van der Waals surface area contributed by atoms with Crippen LogP contribution in [0.3, 0.4) is 0 Å². The Labute approximate surface area is 95.8 Å². The number of ether oxygens (including phenoxy) is 2. The van der Waals surface area contributed by atoms with E-state index >= 15 is 0 Å². The largest absolute Gasteiger partial charge is 0.491 e. The van der Waals surface area contributed by atoms with E-state index in [4.69, 9.17) is 9.47 Å². The molecule has 0 bridgehead atoms. The SMILES string of the molecule is c1cc2c(c(OC[C@H]3CCCO3)c1)CCN2. The number of fused-ring (bicyclic) bond motifs is 1. The molecule has 2 heterocycles. The first-order valence-electron chi connectivity index (χ1n) is 6.03. The van der Waals surface area contributed by atoms with Crippen molar-refractivity contribution in [1.29, 1.82) is 0 Å². The van der Waals surface area contributed by atoms with Crippen LogP contribution in [-0.4, -0.2) is 25.9 Å². The van der Waals surface area contributed by atoms with Crippen LogP contribution in [0.15, 0.2) is 18.2 Å². The summed E-state index contributed by atoms with van der Waals surface area (Å²) in [7, 11) is 0. The number of rotatable bonds is 3. The van der Waals surface area contributed by atoms with Crippen molar-refractivity contribution in [3.05, 3.63) is 23.8 Å². The predicted molar refractivity (Wildman–Crippen MR) is 63.1 cm³/mol. The second kappa shape index (κ2) is 4.34. The molecule has 0 saturated carbocycles. The van der Waals surface area contributed by atoms with Gasteiger partial charge in [-0.25, -0.2) is 0 Å². The zero-order valence-corrected chi connectivity index (χ0v) is 9.37. The van der Waals surface area contributed by atoms with Gasteiger partial charge in [-0.2, -0.15) is 0 Å². The van der Waals surface area contributed by atoms with E-state index < -0.39 is 0 Å². The van der Waals surface area contributed by atoms with E-state index in [2.05, 4.69) is 17.4 Å². The Morgan fingerprint density at radius 2 is 2.44 bits per heavy atom. The molecule has 16 heavy (non-hydrogen) atoms. The Morgan fingerprint density at radius 3 is 3.31 bits per heavy atom. The molecule has 1 saturated heterocycles. The Balaban J connectivity index is 1.67. The van der Waals surface area contributed by atoms with Crippen LogP contribution < -0.4 is 10.1 Å². The first-order chi connectivity index (χ1) is 7.93. The van der Waals surface area contributed by atoms with Gasteiger partial charge in [0, 0.05) is 24.4 Å². The summed E-state index contributed by atoms with van der Waals surface area (Å²) in [5.41, 5.74) is 2.55. The summed E-state index contributed by atoms with van der Waals surface area (Å²) in [5, 5.41) is 3.36. The fourth-order valence-electron chi connectivity index (χ4n) is 2.41. The summed E-state index contributed by atoms with van der Waals surface area (Å²) < 4.78 is 11.4. The second-order valence-electron chi connectivity index (χ2n) is 4.41. The van der Waals surface area contributed by atoms with Crippen LogP contribution in [0, 0.1) is 0 Å². The molecule has 1 atom stereocenters. The maximum absolute atomic E-state index is 5.87. The van der Waals surface area contributed by atoms with E-state index in [1.807, 2.05) is 6.07 Å². The maximum atomic E-state index is 5.87. The Morgan fingerprint density at radius 1 is 1.44 bits per heavy atom. The van der Waals surface area contributed by atoms with Gasteiger partial charge in [0.15, 0.2) is 0 Å². The molecule has 0 aromatic heterocycles. The van der Waals surface area contributed by atoms with Gasteiger partial charge < -0.3 is 14.8 Å². The van der Waals surface area contributed by atoms with Crippen molar-refractivity contribution < 1.29 is 9.47 Å². The molecule has 86 valence electrons. The van der Waals surface area contributed by atoms with Crippen LogP contribution in [0.25, 0.3) is 0 Å². The van der Waals surface area contributed by atoms with Crippen molar-refractivity contribution in [3.8, 4) is 5.75 Å². The van der Waals surface area contributed by atoms with Crippen molar-refractivity contribution in [2.75, 3.05) is 25.1 Å². The Bertz CT molecular complexity index is 372. The van der Waals surface area contributed by atoms with Gasteiger partial charge in [0.1, 0.15) is 12.4 Å². The monoisotopic (exact) mass is 219 g/mol. The molecule has 2 aliphatic heterocycles. The zero-order valence-electron chi connectivity index (χ0n) is 9.37. The maximum Gasteiger partial charge on any atom is 0.124 e. The highest BCUT2D eigenvalue weighted by Crippen LogP contribution is 2.31. The Hall–Kier alpha value is -1.22. The van der Waals surface area contributed by atoms with Gasteiger partial charge in [-0.15, -0.1) is 0 Å². The van der Waals surface area contributed by atoms with Gasteiger partial charge in [-0.05, 0) is 31.4 Å². The van der Waals surface area contributed by atoms with E-state index in [9.17, 15) is 0 Å². The minimum atomic E-state index is 0.296. The van der Waals surface area contributed by atoms with E-state index in [1.165, 1.54) is 17.7 Å². The summed E-state index contributed by atoms with van der Waals surface area (Å²) in [6.07, 6.45) is 3.66. The molecule has 2 aliphatic rings. The smallest absolute Gasteiger partial charge is 0.124 e. The second-order valence-corrected chi connectivity index (χ2v) is 4.41. The van der Waals surface area contributed by atoms with Gasteiger partial charge in [0.05, 0.1) is 6.10 Å². The van der Waals surface area contributed by atoms with Crippen molar-refractivity contribution in [2.45, 2.75) is 25.4 Å². The third kappa shape index (κ3) is 1.87. The number of benzene rings is 1. The molecular formula is C13H17NO2. The molecule has 0 aliphatic carbocycles. The molecule has 0 radical (unpaired) electrons. The summed E-state index contributed by atoms with van der Waals surface area (Å²) in [6.45, 7) is 2.61. The fourth-order valence-corrected chi connectivity index (χ4v) is 2.41. The average Bonchev–Trinajstić information content (AvgIpc) is 2.97. The lowest BCUT2D eigenvalue weighted by Crippen LogP contribution is -2.16. The molecule has 0 spiro atoms. The first kappa shape index (κ1) is 9.97. The number of anilines is 1. The van der Waals surface area contributed by atoms with Crippen LogP contribution in [-0.2, 0) is 11.2 Å². The highest BCUT2D eigenvalue weighted by atomic mass is 16.5. The lowest BCUT2D eigenvalue weighted by molar-refractivity contribution is 0.0677. The molecule has 3 heteroatoms. The topological polar surface area (TPSA) is 30.5 Å². The van der Waals surface area contributed by atoms with E-state index in [1.54, 1.807) is 0 Å². The fraction of sp³-hybridized carbons (Fsp3) is 0.538. The van der Waals surface area contributed by atoms with Crippen molar-refractivity contribution in [1.82, 2.24) is 0 Å². The van der Waals surface area contributed by atoms with E-state index in [0.29, 0.717) is 12.7 Å². The molecule has 0 amide bonds. The minimum absolute atomic E-state index is 0.296. The molecule has 1 aromatic carbocycles. The van der Waals surface area contributed by atoms with Crippen LogP contribution in [0.2, 0.25) is 0 Å². The van der Waals surface area contributed by atoms with E-state index in [0.717, 1.165) is 31.7 Å². The Kier molecular flexibility index (Phi) is 2.70. The highest BCUT2D eigenvalue weighted by molar-refractivity contribution is 5.61. The normalized spacial score (nSPS) is 22.9. The summed E-state index contributed by atoms with van der Waals surface area (Å²) in [4.78, 5) is 0. The van der Waals surface area contributed by atoms with Gasteiger partial charge in [0.2, 0.25) is 0 Å². The van der Waals surface area contributed by atoms with Crippen LogP contribution >= 0.6 is 0 Å². The molecule has 0 unspecified atom stereocenters. The number of nitrogens with one attached hydrogen (secondary N) is 1. The standard InChI is InChI=1S/C13H17NO2/c1-4-12-11(6-7-14-12)13(5-1)16-9-10-3-2-8-15-10/h1,4-5,10,14H,2-3,6-9H2/t10-/m1/s1. The number of hydrogen-bond acceptors (Lipinski definition) is 3.